The standard InChI is InChI=1S/C25H19NO5S2/c1-30-21-13-16(10-11-20(21)31-15-17-6-5-7-18(12-17)24(28)29)14-22-23(27)26(25(32)33-22)19-8-3-2-4-9-19/h2-14H,15H2,1H3,(H,28,29)/b22-14+. The van der Waals surface area contributed by atoms with Crippen molar-refractivity contribution in [2.24, 2.45) is 0 Å². The zero-order valence-corrected chi connectivity index (χ0v) is 19.2. The van der Waals surface area contributed by atoms with Crippen LogP contribution in [0.5, 0.6) is 11.5 Å². The van der Waals surface area contributed by atoms with Crippen molar-refractivity contribution in [2.45, 2.75) is 6.61 Å². The van der Waals surface area contributed by atoms with Gasteiger partial charge in [-0.25, -0.2) is 4.79 Å². The fourth-order valence-electron chi connectivity index (χ4n) is 3.27. The maximum Gasteiger partial charge on any atom is 0.335 e. The van der Waals surface area contributed by atoms with E-state index in [2.05, 4.69) is 0 Å². The van der Waals surface area contributed by atoms with Gasteiger partial charge >= 0.3 is 5.97 Å². The van der Waals surface area contributed by atoms with E-state index in [9.17, 15) is 9.59 Å². The Kier molecular flexibility index (Phi) is 6.76. The van der Waals surface area contributed by atoms with Gasteiger partial charge in [-0.1, -0.05) is 60.4 Å². The quantitative estimate of drug-likeness (QED) is 0.362. The molecule has 1 heterocycles. The van der Waals surface area contributed by atoms with Crippen molar-refractivity contribution in [1.29, 1.82) is 0 Å². The van der Waals surface area contributed by atoms with Crippen LogP contribution in [-0.4, -0.2) is 28.4 Å². The Balaban J connectivity index is 1.52. The molecule has 1 aliphatic heterocycles. The van der Waals surface area contributed by atoms with Gasteiger partial charge < -0.3 is 14.6 Å². The van der Waals surface area contributed by atoms with Crippen LogP contribution in [0.1, 0.15) is 21.5 Å². The Labute approximate surface area is 200 Å². The number of para-hydroxylation sites is 1. The number of anilines is 1. The summed E-state index contributed by atoms with van der Waals surface area (Å²) in [6, 6.07) is 21.2. The number of carboxylic acids is 1. The van der Waals surface area contributed by atoms with Crippen LogP contribution in [0.15, 0.2) is 77.7 Å². The predicted molar refractivity (Wildman–Crippen MR) is 133 cm³/mol. The lowest BCUT2D eigenvalue weighted by Gasteiger charge is -2.14. The number of carbonyl (C=O) groups is 2. The molecule has 8 heteroatoms. The molecule has 0 radical (unpaired) electrons. The summed E-state index contributed by atoms with van der Waals surface area (Å²) in [5.74, 6) is -0.158. The molecule has 0 saturated carbocycles. The molecule has 1 amide bonds. The fourth-order valence-corrected chi connectivity index (χ4v) is 4.57. The maximum atomic E-state index is 12.9. The van der Waals surface area contributed by atoms with Crippen LogP contribution >= 0.6 is 24.0 Å². The predicted octanol–water partition coefficient (Wildman–Crippen LogP) is 5.38. The van der Waals surface area contributed by atoms with Gasteiger partial charge in [0.25, 0.3) is 5.91 Å². The third kappa shape index (κ3) is 5.08. The molecule has 1 saturated heterocycles. The van der Waals surface area contributed by atoms with E-state index >= 15 is 0 Å². The highest BCUT2D eigenvalue weighted by atomic mass is 32.2. The highest BCUT2D eigenvalue weighted by Crippen LogP contribution is 2.37. The summed E-state index contributed by atoms with van der Waals surface area (Å²) >= 11 is 6.66. The highest BCUT2D eigenvalue weighted by Gasteiger charge is 2.33. The smallest absolute Gasteiger partial charge is 0.335 e. The average molecular weight is 478 g/mol. The molecule has 0 unspecified atom stereocenters. The summed E-state index contributed by atoms with van der Waals surface area (Å²) in [4.78, 5) is 26.1. The van der Waals surface area contributed by atoms with Crippen molar-refractivity contribution in [3.05, 3.63) is 94.4 Å². The normalized spacial score (nSPS) is 14.6. The summed E-state index contributed by atoms with van der Waals surface area (Å²) in [5, 5.41) is 9.14. The topological polar surface area (TPSA) is 76.1 Å². The Morgan fingerprint density at radius 3 is 2.58 bits per heavy atom. The van der Waals surface area contributed by atoms with Gasteiger partial charge in [-0.2, -0.15) is 0 Å². The number of hydrogen-bond acceptors (Lipinski definition) is 6. The van der Waals surface area contributed by atoms with E-state index in [0.717, 1.165) is 16.8 Å². The summed E-state index contributed by atoms with van der Waals surface area (Å²) in [7, 11) is 1.53. The Morgan fingerprint density at radius 2 is 1.85 bits per heavy atom. The third-order valence-corrected chi connectivity index (χ3v) is 6.16. The van der Waals surface area contributed by atoms with Gasteiger partial charge in [-0.3, -0.25) is 9.69 Å². The number of rotatable bonds is 7. The van der Waals surface area contributed by atoms with Crippen molar-refractivity contribution < 1.29 is 24.2 Å². The molecular weight excluding hydrogens is 458 g/mol. The Morgan fingerprint density at radius 1 is 1.06 bits per heavy atom. The van der Waals surface area contributed by atoms with Gasteiger partial charge in [-0.15, -0.1) is 0 Å². The second kappa shape index (κ2) is 9.89. The van der Waals surface area contributed by atoms with Crippen LogP contribution in [0, 0.1) is 0 Å². The first-order chi connectivity index (χ1) is 16.0. The number of carbonyl (C=O) groups excluding carboxylic acids is 1. The molecule has 3 aromatic carbocycles. The molecule has 6 nitrogen and oxygen atoms in total. The average Bonchev–Trinajstić information content (AvgIpc) is 3.11. The van der Waals surface area contributed by atoms with E-state index in [-0.39, 0.29) is 18.1 Å². The number of thioether (sulfide) groups is 1. The molecular formula is C25H19NO5S2. The van der Waals surface area contributed by atoms with E-state index in [1.165, 1.54) is 29.8 Å². The molecule has 4 rings (SSSR count). The van der Waals surface area contributed by atoms with Crippen LogP contribution in [0.4, 0.5) is 5.69 Å². The zero-order chi connectivity index (χ0) is 23.4. The number of aromatic carboxylic acids is 1. The fraction of sp³-hybridized carbons (Fsp3) is 0.0800. The summed E-state index contributed by atoms with van der Waals surface area (Å²) in [5.41, 5.74) is 2.43. The molecule has 0 aliphatic carbocycles. The van der Waals surface area contributed by atoms with Gasteiger partial charge in [0.15, 0.2) is 15.8 Å². The largest absolute Gasteiger partial charge is 0.493 e. The SMILES string of the molecule is COc1cc(/C=C2/SC(=S)N(c3ccccc3)C2=O)ccc1OCc1cccc(C(=O)O)c1. The highest BCUT2D eigenvalue weighted by molar-refractivity contribution is 8.27. The number of nitrogens with zero attached hydrogens (tertiary/aromatic N) is 1. The minimum atomic E-state index is -0.989. The van der Waals surface area contributed by atoms with Crippen LogP contribution < -0.4 is 14.4 Å². The van der Waals surface area contributed by atoms with Crippen LogP contribution in [0.25, 0.3) is 6.08 Å². The number of benzene rings is 3. The van der Waals surface area contributed by atoms with Crippen molar-refractivity contribution in [3.63, 3.8) is 0 Å². The van der Waals surface area contributed by atoms with Crippen molar-refractivity contribution in [2.75, 3.05) is 12.0 Å². The molecule has 0 spiro atoms. The number of amides is 1. The molecule has 33 heavy (non-hydrogen) atoms. The molecule has 0 bridgehead atoms. The summed E-state index contributed by atoms with van der Waals surface area (Å²) < 4.78 is 11.8. The molecule has 0 atom stereocenters. The first-order valence-electron chi connectivity index (χ1n) is 9.92. The van der Waals surface area contributed by atoms with E-state index in [4.69, 9.17) is 26.8 Å². The van der Waals surface area contributed by atoms with Gasteiger partial charge in [0.2, 0.25) is 0 Å². The molecule has 1 N–H and O–H groups in total. The minimum Gasteiger partial charge on any atom is -0.493 e. The van der Waals surface area contributed by atoms with Gasteiger partial charge in [0.1, 0.15) is 6.61 Å². The molecule has 166 valence electrons. The minimum absolute atomic E-state index is 0.172. The Bertz CT molecular complexity index is 1260. The second-order valence-electron chi connectivity index (χ2n) is 7.06. The lowest BCUT2D eigenvalue weighted by molar-refractivity contribution is -0.113. The number of methoxy groups -OCH3 is 1. The monoisotopic (exact) mass is 477 g/mol. The van der Waals surface area contributed by atoms with Crippen molar-refractivity contribution >= 4 is 51.9 Å². The molecule has 0 aromatic heterocycles. The third-order valence-electron chi connectivity index (χ3n) is 4.86. The van der Waals surface area contributed by atoms with E-state index < -0.39 is 5.97 Å². The van der Waals surface area contributed by atoms with E-state index in [1.807, 2.05) is 36.4 Å². The van der Waals surface area contributed by atoms with E-state index in [0.29, 0.717) is 20.7 Å². The van der Waals surface area contributed by atoms with Crippen molar-refractivity contribution in [3.8, 4) is 11.5 Å². The number of ether oxygens (including phenoxy) is 2. The van der Waals surface area contributed by atoms with Gasteiger partial charge in [0.05, 0.1) is 23.3 Å². The number of carboxylic acid groups (broad SMARTS) is 1. The van der Waals surface area contributed by atoms with Crippen LogP contribution in [-0.2, 0) is 11.4 Å². The van der Waals surface area contributed by atoms with Crippen molar-refractivity contribution in [1.82, 2.24) is 0 Å². The lowest BCUT2D eigenvalue weighted by atomic mass is 10.1. The molecule has 3 aromatic rings. The molecule has 1 fully saturated rings. The number of thiocarbonyl (C=S) groups is 1. The maximum absolute atomic E-state index is 12.9. The van der Waals surface area contributed by atoms with Gasteiger partial charge in [-0.05, 0) is 53.6 Å². The first kappa shape index (κ1) is 22.6. The van der Waals surface area contributed by atoms with E-state index in [1.54, 1.807) is 36.4 Å². The van der Waals surface area contributed by atoms with Crippen LogP contribution in [0.2, 0.25) is 0 Å². The lowest BCUT2D eigenvalue weighted by Crippen LogP contribution is -2.27. The van der Waals surface area contributed by atoms with Gasteiger partial charge in [0, 0.05) is 0 Å². The zero-order valence-electron chi connectivity index (χ0n) is 17.6. The number of hydrogen-bond donors (Lipinski definition) is 1. The van der Waals surface area contributed by atoms with Crippen LogP contribution in [0.3, 0.4) is 0 Å². The molecule has 1 aliphatic rings. The second-order valence-corrected chi connectivity index (χ2v) is 8.73. The summed E-state index contributed by atoms with van der Waals surface area (Å²) in [6.45, 7) is 0.187. The Hall–Kier alpha value is -3.62. The summed E-state index contributed by atoms with van der Waals surface area (Å²) in [6.07, 6.45) is 1.77. The first-order valence-corrected chi connectivity index (χ1v) is 11.1.